The first-order valence-corrected chi connectivity index (χ1v) is 16.7. The minimum absolute atomic E-state index is 0.0719. The van der Waals surface area contributed by atoms with Crippen molar-refractivity contribution in [3.63, 3.8) is 0 Å². The SMILES string of the molecule is CCCN(CCC(C)C)SC.CCNc1nc(OCC2(N)CCOC2)nc2c(F)c(-c3cc(O)cc4ccccc34)c(F)cc12. The molecular weight excluding hydrogens is 596 g/mol. The van der Waals surface area contributed by atoms with Gasteiger partial charge in [0.05, 0.1) is 17.7 Å². The Labute approximate surface area is 268 Å². The lowest BCUT2D eigenvalue weighted by Crippen LogP contribution is -2.46. The molecule has 1 saturated heterocycles. The largest absolute Gasteiger partial charge is 0.508 e. The number of nitrogens with zero attached hydrogens (tertiary/aromatic N) is 3. The van der Waals surface area contributed by atoms with Crippen LogP contribution >= 0.6 is 11.9 Å². The Balaban J connectivity index is 0.000000360. The molecule has 1 fully saturated rings. The molecule has 1 aliphatic heterocycles. The summed E-state index contributed by atoms with van der Waals surface area (Å²) in [4.78, 5) is 8.58. The number of benzene rings is 3. The molecule has 1 unspecified atom stereocenters. The van der Waals surface area contributed by atoms with Gasteiger partial charge in [-0.15, -0.1) is 0 Å². The third-order valence-corrected chi connectivity index (χ3v) is 8.51. The average Bonchev–Trinajstić information content (AvgIpc) is 3.45. The van der Waals surface area contributed by atoms with Crippen molar-refractivity contribution in [1.29, 1.82) is 0 Å². The van der Waals surface area contributed by atoms with Gasteiger partial charge >= 0.3 is 6.01 Å². The highest BCUT2D eigenvalue weighted by Crippen LogP contribution is 2.39. The maximum atomic E-state index is 16.0. The summed E-state index contributed by atoms with van der Waals surface area (Å²) in [5, 5.41) is 14.7. The third kappa shape index (κ3) is 8.72. The normalized spacial score (nSPS) is 16.4. The minimum Gasteiger partial charge on any atom is -0.508 e. The number of aromatic nitrogens is 2. The summed E-state index contributed by atoms with van der Waals surface area (Å²) < 4.78 is 44.9. The first-order chi connectivity index (χ1) is 21.6. The van der Waals surface area contributed by atoms with Crippen LogP contribution in [0.3, 0.4) is 0 Å². The number of nitrogens with two attached hydrogens (primary N) is 1. The number of phenolic OH excluding ortho intramolecular Hbond substituents is 1. The van der Waals surface area contributed by atoms with E-state index < -0.39 is 17.2 Å². The van der Waals surface area contributed by atoms with E-state index >= 15 is 8.78 Å². The van der Waals surface area contributed by atoms with Gasteiger partial charge in [-0.3, -0.25) is 4.31 Å². The van der Waals surface area contributed by atoms with Gasteiger partial charge in [0.15, 0.2) is 5.82 Å². The van der Waals surface area contributed by atoms with E-state index in [1.165, 1.54) is 38.1 Å². The van der Waals surface area contributed by atoms with Gasteiger partial charge in [-0.25, -0.2) is 8.78 Å². The van der Waals surface area contributed by atoms with E-state index in [9.17, 15) is 5.11 Å². The Morgan fingerprint density at radius 3 is 2.58 bits per heavy atom. The number of anilines is 1. The summed E-state index contributed by atoms with van der Waals surface area (Å²) in [7, 11) is 0. The van der Waals surface area contributed by atoms with Crippen molar-refractivity contribution in [3.05, 3.63) is 54.1 Å². The van der Waals surface area contributed by atoms with Crippen LogP contribution in [0.5, 0.6) is 11.8 Å². The highest BCUT2D eigenvalue weighted by molar-refractivity contribution is 7.96. The average molecular weight is 642 g/mol. The van der Waals surface area contributed by atoms with Gasteiger partial charge in [0.25, 0.3) is 0 Å². The van der Waals surface area contributed by atoms with Crippen LogP contribution in [0, 0.1) is 17.6 Å². The predicted octanol–water partition coefficient (Wildman–Crippen LogP) is 7.38. The number of hydrogen-bond donors (Lipinski definition) is 3. The molecule has 0 saturated carbocycles. The van der Waals surface area contributed by atoms with Gasteiger partial charge in [-0.2, -0.15) is 9.97 Å². The topological polar surface area (TPSA) is 106 Å². The van der Waals surface area contributed by atoms with E-state index in [1.807, 2.05) is 18.9 Å². The smallest absolute Gasteiger partial charge is 0.319 e. The quantitative estimate of drug-likeness (QED) is 0.137. The maximum absolute atomic E-state index is 16.0. The summed E-state index contributed by atoms with van der Waals surface area (Å²) in [6, 6.07) is 11.1. The molecule has 4 N–H and O–H groups in total. The van der Waals surface area contributed by atoms with Crippen LogP contribution in [0.2, 0.25) is 0 Å². The predicted molar refractivity (Wildman–Crippen MR) is 181 cm³/mol. The molecule has 0 aliphatic carbocycles. The van der Waals surface area contributed by atoms with Crippen molar-refractivity contribution in [2.45, 2.75) is 52.5 Å². The molecule has 5 rings (SSSR count). The molecule has 1 aliphatic rings. The molecule has 4 aromatic rings. The molecule has 2 heterocycles. The van der Waals surface area contributed by atoms with E-state index in [-0.39, 0.29) is 46.2 Å². The zero-order valence-electron chi connectivity index (χ0n) is 26.8. The molecule has 3 aromatic carbocycles. The molecule has 0 amide bonds. The van der Waals surface area contributed by atoms with Crippen LogP contribution in [0.15, 0.2) is 42.5 Å². The molecule has 0 bridgehead atoms. The summed E-state index contributed by atoms with van der Waals surface area (Å²) in [5.41, 5.74) is 5.43. The fourth-order valence-electron chi connectivity index (χ4n) is 5.18. The van der Waals surface area contributed by atoms with E-state index in [2.05, 4.69) is 46.6 Å². The van der Waals surface area contributed by atoms with Crippen molar-refractivity contribution < 1.29 is 23.4 Å². The zero-order chi connectivity index (χ0) is 32.6. The highest BCUT2D eigenvalue weighted by atomic mass is 32.2. The molecule has 1 atom stereocenters. The molecule has 0 radical (unpaired) electrons. The Bertz CT molecular complexity index is 1580. The Kier molecular flexibility index (Phi) is 12.2. The number of nitrogens with one attached hydrogen (secondary N) is 1. The summed E-state index contributed by atoms with van der Waals surface area (Å²) in [5.74, 6) is -0.674. The Hall–Kier alpha value is -3.25. The lowest BCUT2D eigenvalue weighted by molar-refractivity contribution is 0.148. The van der Waals surface area contributed by atoms with Crippen LogP contribution in [0.1, 0.15) is 47.0 Å². The fraction of sp³-hybridized carbons (Fsp3) is 0.471. The van der Waals surface area contributed by atoms with Crippen molar-refractivity contribution in [1.82, 2.24) is 14.3 Å². The highest BCUT2D eigenvalue weighted by Gasteiger charge is 2.32. The van der Waals surface area contributed by atoms with E-state index in [0.29, 0.717) is 37.0 Å². The third-order valence-electron chi connectivity index (χ3n) is 7.63. The second-order valence-corrected chi connectivity index (χ2v) is 12.7. The van der Waals surface area contributed by atoms with Crippen LogP contribution < -0.4 is 15.8 Å². The number of aromatic hydroxyl groups is 1. The summed E-state index contributed by atoms with van der Waals surface area (Å²) in [6.45, 7) is 12.6. The van der Waals surface area contributed by atoms with Crippen molar-refractivity contribution in [2.24, 2.45) is 11.7 Å². The number of hydrogen-bond acceptors (Lipinski definition) is 9. The van der Waals surface area contributed by atoms with Crippen LogP contribution in [0.25, 0.3) is 32.8 Å². The first-order valence-electron chi connectivity index (χ1n) is 15.5. The molecule has 244 valence electrons. The maximum Gasteiger partial charge on any atom is 0.319 e. The van der Waals surface area contributed by atoms with Crippen molar-refractivity contribution in [2.75, 3.05) is 51.0 Å². The van der Waals surface area contributed by atoms with Gasteiger partial charge in [-0.1, -0.05) is 57.0 Å². The van der Waals surface area contributed by atoms with Crippen LogP contribution in [-0.2, 0) is 4.74 Å². The Morgan fingerprint density at radius 2 is 1.91 bits per heavy atom. The number of fused-ring (bicyclic) bond motifs is 2. The molecule has 45 heavy (non-hydrogen) atoms. The standard InChI is InChI=1S/C25H24F2N4O3.C9H21NS/c1-2-29-23-18-11-19(26)20(17-10-15(32)9-14-5-3-4-6-16(14)17)21(27)22(18)30-24(31-23)34-13-25(28)7-8-33-12-25;1-5-7-10(11-4)8-6-9(2)3/h3-6,9-11,32H,2,7-8,12-13,28H2,1H3,(H,29,30,31);9H,5-8H2,1-4H3. The fourth-order valence-corrected chi connectivity index (χ4v) is 5.83. The number of rotatable bonds is 12. The van der Waals surface area contributed by atoms with Gasteiger partial charge < -0.3 is 25.6 Å². The van der Waals surface area contributed by atoms with E-state index in [4.69, 9.17) is 15.2 Å². The van der Waals surface area contributed by atoms with Gasteiger partial charge in [0.1, 0.15) is 29.5 Å². The summed E-state index contributed by atoms with van der Waals surface area (Å²) >= 11 is 1.87. The monoisotopic (exact) mass is 641 g/mol. The van der Waals surface area contributed by atoms with Gasteiger partial charge in [0, 0.05) is 31.6 Å². The van der Waals surface area contributed by atoms with Crippen LogP contribution in [-0.4, -0.2) is 70.6 Å². The minimum atomic E-state index is -0.871. The summed E-state index contributed by atoms with van der Waals surface area (Å²) in [6.07, 6.45) is 5.37. The lowest BCUT2D eigenvalue weighted by Gasteiger charge is -2.21. The van der Waals surface area contributed by atoms with E-state index in [1.54, 1.807) is 30.3 Å². The van der Waals surface area contributed by atoms with Gasteiger partial charge in [-0.05, 0) is 72.9 Å². The Morgan fingerprint density at radius 1 is 1.13 bits per heavy atom. The molecular formula is C34H45F2N5O3S. The number of ether oxygens (including phenoxy) is 2. The van der Waals surface area contributed by atoms with E-state index in [0.717, 1.165) is 5.92 Å². The number of halogens is 2. The van der Waals surface area contributed by atoms with Crippen molar-refractivity contribution >= 4 is 39.4 Å². The molecule has 1 aromatic heterocycles. The van der Waals surface area contributed by atoms with Gasteiger partial charge in [0.2, 0.25) is 0 Å². The molecule has 8 nitrogen and oxygen atoms in total. The molecule has 0 spiro atoms. The van der Waals surface area contributed by atoms with Crippen LogP contribution in [0.4, 0.5) is 14.6 Å². The first kappa shape index (κ1) is 34.6. The molecule has 11 heteroatoms. The zero-order valence-corrected chi connectivity index (χ0v) is 27.6. The number of phenols is 1. The lowest BCUT2D eigenvalue weighted by atomic mass is 9.96. The second kappa shape index (κ2) is 15.8. The van der Waals surface area contributed by atoms with Crippen molar-refractivity contribution in [3.8, 4) is 22.9 Å². The second-order valence-electron chi connectivity index (χ2n) is 11.8.